The summed E-state index contributed by atoms with van der Waals surface area (Å²) in [5.74, 6) is 0.912. The number of hydrogen-bond acceptors (Lipinski definition) is 6. The number of hydrogen-bond donors (Lipinski definition) is 0. The van der Waals surface area contributed by atoms with E-state index in [-0.39, 0.29) is 12.0 Å². The molecule has 22 heavy (non-hydrogen) atoms. The molecule has 1 atom stereocenters. The van der Waals surface area contributed by atoms with Crippen LogP contribution in [0.5, 0.6) is 11.8 Å². The number of amides is 1. The second-order valence-electron chi connectivity index (χ2n) is 4.91. The van der Waals surface area contributed by atoms with Gasteiger partial charge in [-0.2, -0.15) is 0 Å². The minimum Gasteiger partial charge on any atom is -0.481 e. The predicted octanol–water partition coefficient (Wildman–Crippen LogP) is 1.17. The van der Waals surface area contributed by atoms with E-state index in [1.54, 1.807) is 42.7 Å². The molecule has 7 heteroatoms. The van der Waals surface area contributed by atoms with Crippen LogP contribution in [0, 0.1) is 0 Å². The molecule has 0 radical (unpaired) electrons. The number of aromatic nitrogens is 3. The maximum absolute atomic E-state index is 12.4. The van der Waals surface area contributed by atoms with E-state index in [0.717, 1.165) is 6.42 Å². The quantitative estimate of drug-likeness (QED) is 0.843. The van der Waals surface area contributed by atoms with E-state index in [9.17, 15) is 4.79 Å². The molecule has 3 rings (SSSR count). The van der Waals surface area contributed by atoms with Crippen molar-refractivity contribution in [1.82, 2.24) is 19.9 Å². The van der Waals surface area contributed by atoms with Crippen molar-refractivity contribution in [2.45, 2.75) is 12.5 Å². The van der Waals surface area contributed by atoms with Crippen LogP contribution in [0.4, 0.5) is 0 Å². The molecule has 0 aliphatic carbocycles. The normalized spacial score (nSPS) is 17.3. The Hall–Kier alpha value is -2.70. The number of likely N-dealkylation sites (tertiary alicyclic amines) is 1. The van der Waals surface area contributed by atoms with Gasteiger partial charge >= 0.3 is 0 Å². The van der Waals surface area contributed by atoms with Crippen molar-refractivity contribution in [3.8, 4) is 11.8 Å². The Morgan fingerprint density at radius 3 is 2.82 bits per heavy atom. The molecule has 114 valence electrons. The highest BCUT2D eigenvalue weighted by molar-refractivity contribution is 5.94. The highest BCUT2D eigenvalue weighted by Crippen LogP contribution is 2.18. The second kappa shape index (κ2) is 6.38. The molecule has 0 aromatic carbocycles. The lowest BCUT2D eigenvalue weighted by molar-refractivity contribution is 0.0770. The van der Waals surface area contributed by atoms with Crippen LogP contribution >= 0.6 is 0 Å². The average Bonchev–Trinajstić information content (AvgIpc) is 3.04. The van der Waals surface area contributed by atoms with Crippen LogP contribution in [0.15, 0.2) is 36.9 Å². The summed E-state index contributed by atoms with van der Waals surface area (Å²) in [7, 11) is 1.54. The van der Waals surface area contributed by atoms with Gasteiger partial charge in [-0.3, -0.25) is 9.78 Å². The first kappa shape index (κ1) is 14.2. The third-order valence-corrected chi connectivity index (χ3v) is 3.45. The van der Waals surface area contributed by atoms with Gasteiger partial charge < -0.3 is 14.4 Å². The number of pyridine rings is 1. The zero-order valence-corrected chi connectivity index (χ0v) is 12.2. The molecule has 0 N–H and O–H groups in total. The molecule has 7 nitrogen and oxygen atoms in total. The summed E-state index contributed by atoms with van der Waals surface area (Å²) in [6, 6.07) is 3.39. The Bertz CT molecular complexity index is 633. The number of ether oxygens (including phenoxy) is 2. The zero-order valence-electron chi connectivity index (χ0n) is 12.2. The molecular weight excluding hydrogens is 284 g/mol. The first-order chi connectivity index (χ1) is 10.8. The summed E-state index contributed by atoms with van der Waals surface area (Å²) in [6.45, 7) is 1.18. The van der Waals surface area contributed by atoms with Gasteiger partial charge in [0.25, 0.3) is 5.91 Å². The Morgan fingerprint density at radius 1 is 1.23 bits per heavy atom. The molecular formula is C15H16N4O3. The maximum atomic E-state index is 12.4. The first-order valence-corrected chi connectivity index (χ1v) is 6.98. The molecule has 0 spiro atoms. The number of methoxy groups -OCH3 is 1. The molecule has 1 fully saturated rings. The molecule has 1 unspecified atom stereocenters. The van der Waals surface area contributed by atoms with Gasteiger partial charge in [0.1, 0.15) is 6.10 Å². The largest absolute Gasteiger partial charge is 0.481 e. The van der Waals surface area contributed by atoms with Crippen molar-refractivity contribution in [1.29, 1.82) is 0 Å². The highest BCUT2D eigenvalue weighted by atomic mass is 16.5. The van der Waals surface area contributed by atoms with E-state index in [1.165, 1.54) is 6.20 Å². The Labute approximate surface area is 127 Å². The van der Waals surface area contributed by atoms with Crippen LogP contribution < -0.4 is 9.47 Å². The second-order valence-corrected chi connectivity index (χ2v) is 4.91. The third-order valence-electron chi connectivity index (χ3n) is 3.45. The van der Waals surface area contributed by atoms with Gasteiger partial charge in [-0.05, 0) is 6.07 Å². The number of carbonyl (C=O) groups excluding carboxylic acids is 1. The van der Waals surface area contributed by atoms with E-state index in [2.05, 4.69) is 15.0 Å². The monoisotopic (exact) mass is 300 g/mol. The minimum atomic E-state index is -0.0631. The van der Waals surface area contributed by atoms with Gasteiger partial charge in [0, 0.05) is 37.6 Å². The molecule has 2 aromatic heterocycles. The van der Waals surface area contributed by atoms with Crippen molar-refractivity contribution in [2.75, 3.05) is 20.2 Å². The van der Waals surface area contributed by atoms with Gasteiger partial charge in [-0.25, -0.2) is 9.97 Å². The summed E-state index contributed by atoms with van der Waals surface area (Å²) in [6.07, 6.45) is 6.97. The van der Waals surface area contributed by atoms with Crippen molar-refractivity contribution in [3.05, 3.63) is 42.5 Å². The Kier molecular flexibility index (Phi) is 4.13. The van der Waals surface area contributed by atoms with Gasteiger partial charge in [0.2, 0.25) is 11.8 Å². The van der Waals surface area contributed by atoms with Crippen molar-refractivity contribution < 1.29 is 14.3 Å². The standard InChI is InChI=1S/C15H16N4O3/c1-21-13-3-2-11(8-18-13)15(20)19-7-4-12(10-19)22-14-9-16-5-6-17-14/h2-3,5-6,8-9,12H,4,7,10H2,1H3. The molecule has 1 saturated heterocycles. The summed E-state index contributed by atoms with van der Waals surface area (Å²) in [4.78, 5) is 26.3. The first-order valence-electron chi connectivity index (χ1n) is 6.98. The lowest BCUT2D eigenvalue weighted by atomic mass is 10.2. The minimum absolute atomic E-state index is 0.0552. The van der Waals surface area contributed by atoms with E-state index < -0.39 is 0 Å². The Morgan fingerprint density at radius 2 is 2.14 bits per heavy atom. The lowest BCUT2D eigenvalue weighted by Gasteiger charge is -2.16. The summed E-state index contributed by atoms with van der Waals surface area (Å²) in [5, 5.41) is 0. The summed E-state index contributed by atoms with van der Waals surface area (Å²) >= 11 is 0. The fraction of sp³-hybridized carbons (Fsp3) is 0.333. The Balaban J connectivity index is 1.60. The maximum Gasteiger partial charge on any atom is 0.255 e. The lowest BCUT2D eigenvalue weighted by Crippen LogP contribution is -2.31. The number of carbonyl (C=O) groups is 1. The van der Waals surface area contributed by atoms with Crippen LogP contribution in [0.3, 0.4) is 0 Å². The SMILES string of the molecule is COc1ccc(C(=O)N2CCC(Oc3cnccn3)C2)cn1. The van der Waals surface area contributed by atoms with Gasteiger partial charge in [-0.1, -0.05) is 0 Å². The van der Waals surface area contributed by atoms with Gasteiger partial charge in [0.05, 0.1) is 25.4 Å². The smallest absolute Gasteiger partial charge is 0.255 e. The summed E-state index contributed by atoms with van der Waals surface area (Å²) in [5.41, 5.74) is 0.543. The molecule has 1 aliphatic heterocycles. The van der Waals surface area contributed by atoms with Crippen molar-refractivity contribution >= 4 is 5.91 Å². The fourth-order valence-electron chi connectivity index (χ4n) is 2.34. The molecule has 2 aromatic rings. The van der Waals surface area contributed by atoms with Crippen LogP contribution in [-0.4, -0.2) is 52.1 Å². The van der Waals surface area contributed by atoms with E-state index in [0.29, 0.717) is 30.4 Å². The van der Waals surface area contributed by atoms with E-state index in [1.807, 2.05) is 0 Å². The van der Waals surface area contributed by atoms with Crippen LogP contribution in [0.2, 0.25) is 0 Å². The highest BCUT2D eigenvalue weighted by Gasteiger charge is 2.28. The molecule has 0 bridgehead atoms. The van der Waals surface area contributed by atoms with Crippen LogP contribution in [0.1, 0.15) is 16.8 Å². The van der Waals surface area contributed by atoms with Gasteiger partial charge in [-0.15, -0.1) is 0 Å². The topological polar surface area (TPSA) is 77.4 Å². The van der Waals surface area contributed by atoms with E-state index in [4.69, 9.17) is 9.47 Å². The van der Waals surface area contributed by atoms with Crippen LogP contribution in [0.25, 0.3) is 0 Å². The number of rotatable bonds is 4. The molecule has 1 amide bonds. The molecule has 1 aliphatic rings. The van der Waals surface area contributed by atoms with Crippen LogP contribution in [-0.2, 0) is 0 Å². The average molecular weight is 300 g/mol. The molecule has 0 saturated carbocycles. The predicted molar refractivity (Wildman–Crippen MR) is 77.8 cm³/mol. The van der Waals surface area contributed by atoms with Crippen molar-refractivity contribution in [2.24, 2.45) is 0 Å². The van der Waals surface area contributed by atoms with Gasteiger partial charge in [0.15, 0.2) is 0 Å². The molecule has 3 heterocycles. The van der Waals surface area contributed by atoms with Crippen molar-refractivity contribution in [3.63, 3.8) is 0 Å². The third kappa shape index (κ3) is 3.13. The fourth-order valence-corrected chi connectivity index (χ4v) is 2.34. The number of nitrogens with zero attached hydrogens (tertiary/aromatic N) is 4. The van der Waals surface area contributed by atoms with E-state index >= 15 is 0 Å². The summed E-state index contributed by atoms with van der Waals surface area (Å²) < 4.78 is 10.7. The zero-order chi connectivity index (χ0) is 15.4.